The Bertz CT molecular complexity index is 768. The molecular formula is C19H22N2O4. The van der Waals surface area contributed by atoms with E-state index in [1.807, 2.05) is 12.1 Å². The van der Waals surface area contributed by atoms with Crippen molar-refractivity contribution in [3.63, 3.8) is 0 Å². The van der Waals surface area contributed by atoms with Gasteiger partial charge < -0.3 is 19.4 Å². The number of carbonyl (C=O) groups is 2. The van der Waals surface area contributed by atoms with Crippen molar-refractivity contribution >= 4 is 17.6 Å². The third-order valence-electron chi connectivity index (χ3n) is 4.49. The summed E-state index contributed by atoms with van der Waals surface area (Å²) in [5.41, 5.74) is 3.00. The SMILES string of the molecule is COC(=O)CCNC(=O)c1ccoc1CN1c2ccccc2C[C@@H]1C. The van der Waals surface area contributed by atoms with Gasteiger partial charge in [0.15, 0.2) is 0 Å². The summed E-state index contributed by atoms with van der Waals surface area (Å²) in [4.78, 5) is 25.7. The molecule has 1 atom stereocenters. The van der Waals surface area contributed by atoms with Gasteiger partial charge in [0.25, 0.3) is 5.91 Å². The predicted octanol–water partition coefficient (Wildman–Crippen LogP) is 2.52. The monoisotopic (exact) mass is 342 g/mol. The van der Waals surface area contributed by atoms with Crippen LogP contribution in [0.2, 0.25) is 0 Å². The molecular weight excluding hydrogens is 320 g/mol. The molecule has 0 aliphatic carbocycles. The lowest BCUT2D eigenvalue weighted by molar-refractivity contribution is -0.140. The topological polar surface area (TPSA) is 71.8 Å². The van der Waals surface area contributed by atoms with Gasteiger partial charge in [-0.05, 0) is 31.0 Å². The van der Waals surface area contributed by atoms with Crippen LogP contribution in [-0.4, -0.2) is 31.6 Å². The van der Waals surface area contributed by atoms with Gasteiger partial charge in [-0.1, -0.05) is 18.2 Å². The molecule has 25 heavy (non-hydrogen) atoms. The van der Waals surface area contributed by atoms with Crippen molar-refractivity contribution in [3.8, 4) is 0 Å². The number of nitrogens with one attached hydrogen (secondary N) is 1. The zero-order valence-corrected chi connectivity index (χ0v) is 14.5. The second kappa shape index (κ2) is 7.42. The number of nitrogens with zero attached hydrogens (tertiary/aromatic N) is 1. The molecule has 0 spiro atoms. The van der Waals surface area contributed by atoms with Gasteiger partial charge in [0, 0.05) is 18.3 Å². The lowest BCUT2D eigenvalue weighted by Crippen LogP contribution is -2.31. The standard InChI is InChI=1S/C19H22N2O4/c1-13-11-14-5-3-4-6-16(14)21(13)12-17-15(8-10-25-17)19(23)20-9-7-18(22)24-2/h3-6,8,10,13H,7,9,11-12H2,1-2H3,(H,20,23)/t13-/m0/s1. The highest BCUT2D eigenvalue weighted by atomic mass is 16.5. The Morgan fingerprint density at radius 3 is 2.92 bits per heavy atom. The van der Waals surface area contributed by atoms with E-state index in [0.29, 0.717) is 23.9 Å². The van der Waals surface area contributed by atoms with Crippen molar-refractivity contribution in [2.24, 2.45) is 0 Å². The number of fused-ring (bicyclic) bond motifs is 1. The van der Waals surface area contributed by atoms with E-state index in [2.05, 4.69) is 34.0 Å². The number of hydrogen-bond donors (Lipinski definition) is 1. The maximum Gasteiger partial charge on any atom is 0.307 e. The molecule has 3 rings (SSSR count). The third-order valence-corrected chi connectivity index (χ3v) is 4.49. The fraction of sp³-hybridized carbons (Fsp3) is 0.368. The number of rotatable bonds is 6. The van der Waals surface area contributed by atoms with E-state index in [-0.39, 0.29) is 24.8 Å². The number of methoxy groups -OCH3 is 1. The molecule has 0 saturated carbocycles. The van der Waals surface area contributed by atoms with Gasteiger partial charge in [-0.25, -0.2) is 0 Å². The molecule has 0 bridgehead atoms. The minimum Gasteiger partial charge on any atom is -0.469 e. The Balaban J connectivity index is 1.68. The lowest BCUT2D eigenvalue weighted by atomic mass is 10.1. The van der Waals surface area contributed by atoms with Gasteiger partial charge in [-0.15, -0.1) is 0 Å². The summed E-state index contributed by atoms with van der Waals surface area (Å²) in [6.45, 7) is 2.93. The van der Waals surface area contributed by atoms with Crippen molar-refractivity contribution in [1.82, 2.24) is 5.32 Å². The fourth-order valence-electron chi connectivity index (χ4n) is 3.17. The van der Waals surface area contributed by atoms with Gasteiger partial charge in [-0.3, -0.25) is 9.59 Å². The largest absolute Gasteiger partial charge is 0.469 e. The summed E-state index contributed by atoms with van der Waals surface area (Å²) in [6, 6.07) is 10.3. The van der Waals surface area contributed by atoms with E-state index in [0.717, 1.165) is 6.42 Å². The maximum absolute atomic E-state index is 12.4. The Labute approximate surface area is 146 Å². The normalized spacial score (nSPS) is 15.8. The van der Waals surface area contributed by atoms with Crippen molar-refractivity contribution in [3.05, 3.63) is 53.5 Å². The van der Waals surface area contributed by atoms with Crippen LogP contribution >= 0.6 is 0 Å². The molecule has 1 aromatic heterocycles. The van der Waals surface area contributed by atoms with Crippen LogP contribution in [0.15, 0.2) is 41.0 Å². The zero-order valence-electron chi connectivity index (χ0n) is 14.5. The van der Waals surface area contributed by atoms with Crippen molar-refractivity contribution in [2.75, 3.05) is 18.6 Å². The highest BCUT2D eigenvalue weighted by Gasteiger charge is 2.27. The Morgan fingerprint density at radius 2 is 2.12 bits per heavy atom. The smallest absolute Gasteiger partial charge is 0.307 e. The van der Waals surface area contributed by atoms with Gasteiger partial charge in [-0.2, -0.15) is 0 Å². The summed E-state index contributed by atoms with van der Waals surface area (Å²) < 4.78 is 10.1. The third kappa shape index (κ3) is 3.68. The number of esters is 1. The van der Waals surface area contributed by atoms with E-state index in [1.165, 1.54) is 24.6 Å². The summed E-state index contributed by atoms with van der Waals surface area (Å²) in [6.07, 6.45) is 2.65. The number of benzene rings is 1. The molecule has 0 unspecified atom stereocenters. The molecule has 0 saturated heterocycles. The summed E-state index contributed by atoms with van der Waals surface area (Å²) >= 11 is 0. The second-order valence-electron chi connectivity index (χ2n) is 6.15. The Kier molecular flexibility index (Phi) is 5.07. The molecule has 1 aliphatic rings. The number of carbonyl (C=O) groups excluding carboxylic acids is 2. The van der Waals surface area contributed by atoms with Crippen LogP contribution in [0.1, 0.15) is 35.0 Å². The van der Waals surface area contributed by atoms with E-state index >= 15 is 0 Å². The predicted molar refractivity (Wildman–Crippen MR) is 93.5 cm³/mol. The van der Waals surface area contributed by atoms with E-state index in [4.69, 9.17) is 4.42 Å². The number of furan rings is 1. The van der Waals surface area contributed by atoms with Gasteiger partial charge in [0.2, 0.25) is 0 Å². The fourth-order valence-corrected chi connectivity index (χ4v) is 3.17. The first kappa shape index (κ1) is 17.1. The van der Waals surface area contributed by atoms with Crippen LogP contribution in [0.4, 0.5) is 5.69 Å². The molecule has 1 aromatic carbocycles. The summed E-state index contributed by atoms with van der Waals surface area (Å²) in [5, 5.41) is 2.73. The highest BCUT2D eigenvalue weighted by molar-refractivity contribution is 5.95. The molecule has 1 amide bonds. The average Bonchev–Trinajstić information content (AvgIpc) is 3.20. The summed E-state index contributed by atoms with van der Waals surface area (Å²) in [7, 11) is 1.33. The number of anilines is 1. The summed E-state index contributed by atoms with van der Waals surface area (Å²) in [5.74, 6) is 0.0297. The highest BCUT2D eigenvalue weighted by Crippen LogP contribution is 2.33. The second-order valence-corrected chi connectivity index (χ2v) is 6.15. The minimum atomic E-state index is -0.352. The first-order chi connectivity index (χ1) is 12.1. The molecule has 132 valence electrons. The average molecular weight is 342 g/mol. The molecule has 6 heteroatoms. The lowest BCUT2D eigenvalue weighted by Gasteiger charge is -2.24. The molecule has 0 radical (unpaired) electrons. The molecule has 6 nitrogen and oxygen atoms in total. The van der Waals surface area contributed by atoms with Crippen LogP contribution in [0, 0.1) is 0 Å². The van der Waals surface area contributed by atoms with Crippen molar-refractivity contribution < 1.29 is 18.7 Å². The van der Waals surface area contributed by atoms with Gasteiger partial charge >= 0.3 is 5.97 Å². The van der Waals surface area contributed by atoms with Crippen molar-refractivity contribution in [2.45, 2.75) is 32.4 Å². The van der Waals surface area contributed by atoms with Gasteiger partial charge in [0.05, 0.1) is 31.9 Å². The van der Waals surface area contributed by atoms with Gasteiger partial charge in [0.1, 0.15) is 5.76 Å². The maximum atomic E-state index is 12.4. The zero-order chi connectivity index (χ0) is 17.8. The number of hydrogen-bond acceptors (Lipinski definition) is 5. The molecule has 1 N–H and O–H groups in total. The van der Waals surface area contributed by atoms with Crippen LogP contribution in [0.3, 0.4) is 0 Å². The first-order valence-corrected chi connectivity index (χ1v) is 8.36. The number of para-hydroxylation sites is 1. The molecule has 2 aromatic rings. The molecule has 2 heterocycles. The quantitative estimate of drug-likeness (QED) is 0.817. The van der Waals surface area contributed by atoms with Crippen LogP contribution in [0.25, 0.3) is 0 Å². The number of ether oxygens (including phenoxy) is 1. The van der Waals surface area contributed by atoms with E-state index in [1.54, 1.807) is 6.07 Å². The molecule has 1 aliphatic heterocycles. The molecule has 0 fully saturated rings. The van der Waals surface area contributed by atoms with E-state index in [9.17, 15) is 9.59 Å². The van der Waals surface area contributed by atoms with Crippen LogP contribution < -0.4 is 10.2 Å². The van der Waals surface area contributed by atoms with Crippen LogP contribution in [0.5, 0.6) is 0 Å². The minimum absolute atomic E-state index is 0.145. The van der Waals surface area contributed by atoms with Crippen LogP contribution in [-0.2, 0) is 22.5 Å². The first-order valence-electron chi connectivity index (χ1n) is 8.36. The Morgan fingerprint density at radius 1 is 1.32 bits per heavy atom. The van der Waals surface area contributed by atoms with Crippen molar-refractivity contribution in [1.29, 1.82) is 0 Å². The Hall–Kier alpha value is -2.76. The number of amides is 1. The van der Waals surface area contributed by atoms with E-state index < -0.39 is 0 Å².